The Morgan fingerprint density at radius 3 is 2.38 bits per heavy atom. The third kappa shape index (κ3) is 1.86. The maximum Gasteiger partial charge on any atom is 0.251 e. The van der Waals surface area contributed by atoms with Crippen molar-refractivity contribution in [3.8, 4) is 11.1 Å². The van der Waals surface area contributed by atoms with Gasteiger partial charge < -0.3 is 4.98 Å². The van der Waals surface area contributed by atoms with Crippen molar-refractivity contribution in [1.82, 2.24) is 4.98 Å². The van der Waals surface area contributed by atoms with Crippen LogP contribution in [0.1, 0.15) is 5.56 Å². The molecule has 0 amide bonds. The van der Waals surface area contributed by atoms with Crippen LogP contribution in [0.15, 0.2) is 35.3 Å². The van der Waals surface area contributed by atoms with Gasteiger partial charge in [0.2, 0.25) is 0 Å². The van der Waals surface area contributed by atoms with E-state index in [1.165, 1.54) is 0 Å². The SMILES string of the molecule is Cc1c(-c2c(Cl)cccc2Cl)cc[nH]c1=O. The van der Waals surface area contributed by atoms with Gasteiger partial charge in [0.25, 0.3) is 5.56 Å². The molecule has 0 unspecified atom stereocenters. The van der Waals surface area contributed by atoms with Crippen LogP contribution in [0.4, 0.5) is 0 Å². The van der Waals surface area contributed by atoms with Gasteiger partial charge in [0, 0.05) is 27.4 Å². The normalized spacial score (nSPS) is 10.4. The molecule has 1 N–H and O–H groups in total. The highest BCUT2D eigenvalue weighted by molar-refractivity contribution is 6.39. The van der Waals surface area contributed by atoms with E-state index in [0.29, 0.717) is 21.2 Å². The number of hydrogen-bond acceptors (Lipinski definition) is 1. The first-order valence-electron chi connectivity index (χ1n) is 4.74. The van der Waals surface area contributed by atoms with Gasteiger partial charge in [0.15, 0.2) is 0 Å². The molecule has 0 aliphatic heterocycles. The number of nitrogens with one attached hydrogen (secondary N) is 1. The number of aromatic nitrogens is 1. The summed E-state index contributed by atoms with van der Waals surface area (Å²) < 4.78 is 0. The van der Waals surface area contributed by atoms with E-state index in [-0.39, 0.29) is 5.56 Å². The maximum absolute atomic E-state index is 11.5. The van der Waals surface area contributed by atoms with Gasteiger partial charge in [-0.1, -0.05) is 29.3 Å². The lowest BCUT2D eigenvalue weighted by molar-refractivity contribution is 1.18. The first-order chi connectivity index (χ1) is 7.61. The van der Waals surface area contributed by atoms with Crippen LogP contribution in [0, 0.1) is 6.92 Å². The van der Waals surface area contributed by atoms with Crippen LogP contribution in [0.25, 0.3) is 11.1 Å². The lowest BCUT2D eigenvalue weighted by Crippen LogP contribution is -2.09. The molecule has 2 aromatic rings. The van der Waals surface area contributed by atoms with E-state index in [1.54, 1.807) is 37.4 Å². The minimum Gasteiger partial charge on any atom is -0.329 e. The Bertz CT molecular complexity index is 570. The number of halogens is 2. The summed E-state index contributed by atoms with van der Waals surface area (Å²) in [5, 5.41) is 1.09. The van der Waals surface area contributed by atoms with E-state index >= 15 is 0 Å². The van der Waals surface area contributed by atoms with Crippen LogP contribution in [0.3, 0.4) is 0 Å². The third-order valence-corrected chi connectivity index (χ3v) is 3.07. The van der Waals surface area contributed by atoms with E-state index in [9.17, 15) is 4.79 Å². The summed E-state index contributed by atoms with van der Waals surface area (Å²) >= 11 is 12.2. The summed E-state index contributed by atoms with van der Waals surface area (Å²) in [4.78, 5) is 14.1. The Morgan fingerprint density at radius 2 is 1.75 bits per heavy atom. The van der Waals surface area contributed by atoms with Crippen LogP contribution in [0.2, 0.25) is 10.0 Å². The smallest absolute Gasteiger partial charge is 0.251 e. The van der Waals surface area contributed by atoms with Gasteiger partial charge in [-0.15, -0.1) is 0 Å². The Labute approximate surface area is 103 Å². The van der Waals surface area contributed by atoms with Gasteiger partial charge in [-0.3, -0.25) is 4.79 Å². The average molecular weight is 254 g/mol. The highest BCUT2D eigenvalue weighted by Gasteiger charge is 2.11. The standard InChI is InChI=1S/C12H9Cl2NO/c1-7-8(5-6-15-12(7)16)11-9(13)3-2-4-10(11)14/h2-6H,1H3,(H,15,16). The van der Waals surface area contributed by atoms with Crippen LogP contribution in [0.5, 0.6) is 0 Å². The lowest BCUT2D eigenvalue weighted by atomic mass is 10.0. The Kier molecular flexibility index (Phi) is 3.03. The fourth-order valence-corrected chi connectivity index (χ4v) is 2.18. The molecule has 0 atom stereocenters. The summed E-state index contributed by atoms with van der Waals surface area (Å²) in [5.41, 5.74) is 1.94. The van der Waals surface area contributed by atoms with Crippen LogP contribution in [-0.2, 0) is 0 Å². The van der Waals surface area contributed by atoms with Crippen LogP contribution < -0.4 is 5.56 Å². The van der Waals surface area contributed by atoms with Crippen molar-refractivity contribution in [3.63, 3.8) is 0 Å². The van der Waals surface area contributed by atoms with Gasteiger partial charge in [0.1, 0.15) is 0 Å². The van der Waals surface area contributed by atoms with Crippen molar-refractivity contribution in [2.45, 2.75) is 6.92 Å². The topological polar surface area (TPSA) is 32.9 Å². The van der Waals surface area contributed by atoms with E-state index < -0.39 is 0 Å². The largest absolute Gasteiger partial charge is 0.329 e. The first kappa shape index (κ1) is 11.2. The number of H-pyrrole nitrogens is 1. The Balaban J connectivity index is 2.78. The summed E-state index contributed by atoms with van der Waals surface area (Å²) in [6, 6.07) is 7.08. The second-order valence-electron chi connectivity index (χ2n) is 3.44. The number of aromatic amines is 1. The van der Waals surface area contributed by atoms with E-state index in [2.05, 4.69) is 4.98 Å². The molecular weight excluding hydrogens is 245 g/mol. The highest BCUT2D eigenvalue weighted by atomic mass is 35.5. The second kappa shape index (κ2) is 4.32. The van der Waals surface area contributed by atoms with Gasteiger partial charge >= 0.3 is 0 Å². The Hall–Kier alpha value is -1.25. The first-order valence-corrected chi connectivity index (χ1v) is 5.49. The maximum atomic E-state index is 11.5. The fourth-order valence-electron chi connectivity index (χ4n) is 1.58. The minimum atomic E-state index is -0.131. The molecule has 1 aromatic heterocycles. The molecule has 0 fully saturated rings. The lowest BCUT2D eigenvalue weighted by Gasteiger charge is -2.08. The zero-order chi connectivity index (χ0) is 11.7. The monoisotopic (exact) mass is 253 g/mol. The Morgan fingerprint density at radius 1 is 1.12 bits per heavy atom. The predicted molar refractivity (Wildman–Crippen MR) is 67.3 cm³/mol. The second-order valence-corrected chi connectivity index (χ2v) is 4.26. The molecule has 0 radical (unpaired) electrons. The molecule has 1 heterocycles. The van der Waals surface area contributed by atoms with E-state index in [4.69, 9.17) is 23.2 Å². The van der Waals surface area contributed by atoms with Crippen molar-refractivity contribution in [3.05, 3.63) is 56.4 Å². The molecule has 0 aliphatic rings. The predicted octanol–water partition coefficient (Wildman–Crippen LogP) is 3.66. The molecule has 2 nitrogen and oxygen atoms in total. The quantitative estimate of drug-likeness (QED) is 0.827. The molecular formula is C12H9Cl2NO. The molecule has 0 bridgehead atoms. The van der Waals surface area contributed by atoms with Crippen molar-refractivity contribution in [2.24, 2.45) is 0 Å². The average Bonchev–Trinajstić information content (AvgIpc) is 2.24. The van der Waals surface area contributed by atoms with Crippen molar-refractivity contribution >= 4 is 23.2 Å². The number of pyridine rings is 1. The van der Waals surface area contributed by atoms with E-state index in [1.807, 2.05) is 0 Å². The number of hydrogen-bond donors (Lipinski definition) is 1. The van der Waals surface area contributed by atoms with Crippen LogP contribution >= 0.6 is 23.2 Å². The fraction of sp³-hybridized carbons (Fsp3) is 0.0833. The van der Waals surface area contributed by atoms with Gasteiger partial charge in [0.05, 0.1) is 0 Å². The zero-order valence-corrected chi connectivity index (χ0v) is 10.1. The molecule has 4 heteroatoms. The van der Waals surface area contributed by atoms with Gasteiger partial charge in [-0.2, -0.15) is 0 Å². The van der Waals surface area contributed by atoms with E-state index in [0.717, 1.165) is 5.56 Å². The molecule has 82 valence electrons. The number of benzene rings is 1. The zero-order valence-electron chi connectivity index (χ0n) is 8.55. The summed E-state index contributed by atoms with van der Waals surface area (Å²) in [7, 11) is 0. The highest BCUT2D eigenvalue weighted by Crippen LogP contribution is 2.34. The third-order valence-electron chi connectivity index (χ3n) is 2.44. The summed E-state index contributed by atoms with van der Waals surface area (Å²) in [6.45, 7) is 1.74. The number of rotatable bonds is 1. The molecule has 2 rings (SSSR count). The van der Waals surface area contributed by atoms with Crippen molar-refractivity contribution in [2.75, 3.05) is 0 Å². The minimum absolute atomic E-state index is 0.131. The van der Waals surface area contributed by atoms with Gasteiger partial charge in [-0.05, 0) is 30.7 Å². The van der Waals surface area contributed by atoms with Crippen molar-refractivity contribution < 1.29 is 0 Å². The summed E-state index contributed by atoms with van der Waals surface area (Å²) in [6.07, 6.45) is 1.59. The molecule has 0 saturated heterocycles. The summed E-state index contributed by atoms with van der Waals surface area (Å²) in [5.74, 6) is 0. The molecule has 0 spiro atoms. The molecule has 0 saturated carbocycles. The molecule has 0 aliphatic carbocycles. The van der Waals surface area contributed by atoms with Gasteiger partial charge in [-0.25, -0.2) is 0 Å². The van der Waals surface area contributed by atoms with Crippen molar-refractivity contribution in [1.29, 1.82) is 0 Å². The molecule has 1 aromatic carbocycles. The molecule has 16 heavy (non-hydrogen) atoms. The van der Waals surface area contributed by atoms with Crippen LogP contribution in [-0.4, -0.2) is 4.98 Å².